The molecule has 1 unspecified atom stereocenters. The van der Waals surface area contributed by atoms with E-state index >= 15 is 0 Å². The van der Waals surface area contributed by atoms with Gasteiger partial charge in [-0.05, 0) is 54.8 Å². The minimum atomic E-state index is -0.592. The molecule has 0 aromatic heterocycles. The number of rotatable bonds is 18. The number of aliphatic hydroxyl groups excluding tert-OH is 1. The predicted octanol–water partition coefficient (Wildman–Crippen LogP) is 3.61. The van der Waals surface area contributed by atoms with Gasteiger partial charge >= 0.3 is 0 Å². The van der Waals surface area contributed by atoms with Crippen molar-refractivity contribution in [1.29, 1.82) is 0 Å². The standard InChI is InChI=1S/C26H39NO6/c1-4-5-14-31-15-16-32-19-22-6-9-24(10-7-22)33-20-23(28)18-27-13-12-21-8-11-25(29-2)26(17-21)30-3/h6-11,17,23,27-28H,4-5,12-16,18-20H2,1-3H3. The first-order chi connectivity index (χ1) is 16.2. The van der Waals surface area contributed by atoms with Gasteiger partial charge in [0.05, 0.1) is 34.0 Å². The lowest BCUT2D eigenvalue weighted by atomic mass is 10.1. The fraction of sp³-hybridized carbons (Fsp3) is 0.538. The molecule has 0 fully saturated rings. The van der Waals surface area contributed by atoms with E-state index in [0.29, 0.717) is 26.4 Å². The maximum Gasteiger partial charge on any atom is 0.160 e. The number of benzene rings is 2. The highest BCUT2D eigenvalue weighted by Crippen LogP contribution is 2.27. The molecule has 0 saturated heterocycles. The van der Waals surface area contributed by atoms with Crippen molar-refractivity contribution in [1.82, 2.24) is 5.32 Å². The topological polar surface area (TPSA) is 78.4 Å². The van der Waals surface area contributed by atoms with Gasteiger partial charge in [0.15, 0.2) is 11.5 Å². The van der Waals surface area contributed by atoms with Crippen molar-refractivity contribution in [3.05, 3.63) is 53.6 Å². The van der Waals surface area contributed by atoms with Crippen LogP contribution in [-0.2, 0) is 22.5 Å². The maximum absolute atomic E-state index is 10.2. The van der Waals surface area contributed by atoms with E-state index < -0.39 is 6.10 Å². The van der Waals surface area contributed by atoms with E-state index in [1.807, 2.05) is 42.5 Å². The minimum Gasteiger partial charge on any atom is -0.493 e. The van der Waals surface area contributed by atoms with Crippen LogP contribution in [0.2, 0.25) is 0 Å². The SMILES string of the molecule is CCCCOCCOCc1ccc(OCC(O)CNCCc2ccc(OC)c(OC)c2)cc1. The number of hydrogen-bond acceptors (Lipinski definition) is 7. The molecular formula is C26H39NO6. The average Bonchev–Trinajstić information content (AvgIpc) is 2.85. The van der Waals surface area contributed by atoms with E-state index in [9.17, 15) is 5.11 Å². The fourth-order valence-corrected chi connectivity index (χ4v) is 3.13. The van der Waals surface area contributed by atoms with Gasteiger partial charge in [-0.3, -0.25) is 0 Å². The lowest BCUT2D eigenvalue weighted by molar-refractivity contribution is 0.0396. The summed E-state index contributed by atoms with van der Waals surface area (Å²) in [6.45, 7) is 6.14. The van der Waals surface area contributed by atoms with Crippen molar-refractivity contribution in [3.8, 4) is 17.2 Å². The van der Waals surface area contributed by atoms with Crippen molar-refractivity contribution < 1.29 is 28.8 Å². The summed E-state index contributed by atoms with van der Waals surface area (Å²) < 4.78 is 27.4. The predicted molar refractivity (Wildman–Crippen MR) is 129 cm³/mol. The molecule has 0 aliphatic rings. The molecule has 0 aliphatic carbocycles. The van der Waals surface area contributed by atoms with Gasteiger partial charge in [-0.1, -0.05) is 31.5 Å². The molecule has 0 aliphatic heterocycles. The summed E-state index contributed by atoms with van der Waals surface area (Å²) in [7, 11) is 3.25. The van der Waals surface area contributed by atoms with E-state index in [0.717, 1.165) is 60.8 Å². The van der Waals surface area contributed by atoms with Crippen molar-refractivity contribution in [3.63, 3.8) is 0 Å². The highest BCUT2D eigenvalue weighted by molar-refractivity contribution is 5.42. The number of ether oxygens (including phenoxy) is 5. The Hall–Kier alpha value is -2.32. The third-order valence-corrected chi connectivity index (χ3v) is 5.07. The zero-order valence-electron chi connectivity index (χ0n) is 20.2. The second-order valence-electron chi connectivity index (χ2n) is 7.77. The lowest BCUT2D eigenvalue weighted by Crippen LogP contribution is -2.32. The molecule has 2 rings (SSSR count). The lowest BCUT2D eigenvalue weighted by Gasteiger charge is -2.14. The number of unbranched alkanes of at least 4 members (excludes halogenated alkanes) is 1. The summed E-state index contributed by atoms with van der Waals surface area (Å²) in [5.74, 6) is 2.17. The van der Waals surface area contributed by atoms with E-state index in [1.54, 1.807) is 14.2 Å². The van der Waals surface area contributed by atoms with Gasteiger partial charge in [-0.15, -0.1) is 0 Å². The Labute approximate surface area is 198 Å². The molecule has 33 heavy (non-hydrogen) atoms. The molecule has 1 atom stereocenters. The van der Waals surface area contributed by atoms with Crippen molar-refractivity contribution in [2.24, 2.45) is 0 Å². The summed E-state index contributed by atoms with van der Waals surface area (Å²) in [6, 6.07) is 13.6. The molecule has 184 valence electrons. The van der Waals surface area contributed by atoms with Crippen LogP contribution in [0.4, 0.5) is 0 Å². The normalized spacial score (nSPS) is 11.9. The summed E-state index contributed by atoms with van der Waals surface area (Å²) in [4.78, 5) is 0. The molecule has 2 aromatic rings. The Balaban J connectivity index is 1.57. The number of hydrogen-bond donors (Lipinski definition) is 2. The van der Waals surface area contributed by atoms with Crippen LogP contribution >= 0.6 is 0 Å². The van der Waals surface area contributed by atoms with Gasteiger partial charge in [0.1, 0.15) is 18.5 Å². The van der Waals surface area contributed by atoms with Crippen LogP contribution in [0.15, 0.2) is 42.5 Å². The Bertz CT molecular complexity index is 768. The molecule has 0 bridgehead atoms. The highest BCUT2D eigenvalue weighted by Gasteiger charge is 2.07. The molecule has 0 spiro atoms. The summed E-state index contributed by atoms with van der Waals surface area (Å²) in [6.07, 6.45) is 2.46. The monoisotopic (exact) mass is 461 g/mol. The van der Waals surface area contributed by atoms with E-state index in [1.165, 1.54) is 0 Å². The number of methoxy groups -OCH3 is 2. The zero-order chi connectivity index (χ0) is 23.7. The molecule has 2 N–H and O–H groups in total. The first-order valence-electron chi connectivity index (χ1n) is 11.6. The molecule has 0 radical (unpaired) electrons. The summed E-state index contributed by atoms with van der Waals surface area (Å²) in [5, 5.41) is 13.4. The molecule has 2 aromatic carbocycles. The van der Waals surface area contributed by atoms with Crippen LogP contribution in [0.1, 0.15) is 30.9 Å². The maximum atomic E-state index is 10.2. The van der Waals surface area contributed by atoms with Crippen molar-refractivity contribution in [2.45, 2.75) is 38.9 Å². The average molecular weight is 462 g/mol. The van der Waals surface area contributed by atoms with Crippen LogP contribution < -0.4 is 19.5 Å². The van der Waals surface area contributed by atoms with E-state index in [2.05, 4.69) is 12.2 Å². The summed E-state index contributed by atoms with van der Waals surface area (Å²) in [5.41, 5.74) is 2.22. The molecule has 0 heterocycles. The zero-order valence-corrected chi connectivity index (χ0v) is 20.2. The van der Waals surface area contributed by atoms with Gasteiger partial charge in [-0.2, -0.15) is 0 Å². The third-order valence-electron chi connectivity index (χ3n) is 5.07. The first kappa shape index (κ1) is 26.9. The quantitative estimate of drug-likeness (QED) is 0.328. The van der Waals surface area contributed by atoms with E-state index in [-0.39, 0.29) is 6.61 Å². The van der Waals surface area contributed by atoms with Gasteiger partial charge in [0.2, 0.25) is 0 Å². The summed E-state index contributed by atoms with van der Waals surface area (Å²) >= 11 is 0. The second kappa shape index (κ2) is 16.3. The van der Waals surface area contributed by atoms with E-state index in [4.69, 9.17) is 23.7 Å². The van der Waals surface area contributed by atoms with Crippen molar-refractivity contribution in [2.75, 3.05) is 53.7 Å². The van der Waals surface area contributed by atoms with Crippen LogP contribution in [0, 0.1) is 0 Å². The number of nitrogens with one attached hydrogen (secondary N) is 1. The van der Waals surface area contributed by atoms with Gasteiger partial charge in [-0.25, -0.2) is 0 Å². The molecule has 0 amide bonds. The highest BCUT2D eigenvalue weighted by atomic mass is 16.5. The Kier molecular flexibility index (Phi) is 13.3. The smallest absolute Gasteiger partial charge is 0.160 e. The van der Waals surface area contributed by atoms with Gasteiger partial charge in [0, 0.05) is 13.2 Å². The fourth-order valence-electron chi connectivity index (χ4n) is 3.13. The molecule has 0 saturated carbocycles. The molecule has 7 heteroatoms. The van der Waals surface area contributed by atoms with Crippen molar-refractivity contribution >= 4 is 0 Å². The van der Waals surface area contributed by atoms with Crippen LogP contribution in [-0.4, -0.2) is 64.9 Å². The molecule has 7 nitrogen and oxygen atoms in total. The first-order valence-corrected chi connectivity index (χ1v) is 11.6. The number of aliphatic hydroxyl groups is 1. The van der Waals surface area contributed by atoms with Crippen LogP contribution in [0.25, 0.3) is 0 Å². The molecular weight excluding hydrogens is 422 g/mol. The largest absolute Gasteiger partial charge is 0.493 e. The Morgan fingerprint density at radius 3 is 2.33 bits per heavy atom. The Morgan fingerprint density at radius 1 is 0.879 bits per heavy atom. The van der Waals surface area contributed by atoms with Gasteiger partial charge < -0.3 is 34.1 Å². The van der Waals surface area contributed by atoms with Crippen LogP contribution in [0.3, 0.4) is 0 Å². The van der Waals surface area contributed by atoms with Gasteiger partial charge in [0.25, 0.3) is 0 Å². The Morgan fingerprint density at radius 2 is 1.61 bits per heavy atom. The third kappa shape index (κ3) is 10.9. The van der Waals surface area contributed by atoms with Crippen LogP contribution in [0.5, 0.6) is 17.2 Å². The minimum absolute atomic E-state index is 0.230. The second-order valence-corrected chi connectivity index (χ2v) is 7.77.